The van der Waals surface area contributed by atoms with Crippen molar-refractivity contribution in [2.45, 2.75) is 56.7 Å². The summed E-state index contributed by atoms with van der Waals surface area (Å²) in [5.74, 6) is -0.380. The number of rotatable bonds is 7. The number of ether oxygens (including phenoxy) is 1. The first-order chi connectivity index (χ1) is 19.8. The Kier molecular flexibility index (Phi) is 8.95. The van der Waals surface area contributed by atoms with Crippen LogP contribution >= 0.6 is 0 Å². The second-order valence-corrected chi connectivity index (χ2v) is 11.8. The molecule has 5 N–H and O–H groups in total. The molecular formula is C26H34N8O6S. The minimum absolute atomic E-state index is 0.0152. The summed E-state index contributed by atoms with van der Waals surface area (Å²) in [6.45, 7) is 1.82. The van der Waals surface area contributed by atoms with E-state index >= 15 is 0 Å². The first-order valence-corrected chi connectivity index (χ1v) is 15.2. The van der Waals surface area contributed by atoms with E-state index in [1.165, 1.54) is 28.4 Å². The molecule has 41 heavy (non-hydrogen) atoms. The Hall–Kier alpha value is -3.82. The summed E-state index contributed by atoms with van der Waals surface area (Å²) >= 11 is 0. The smallest absolute Gasteiger partial charge is 0.422 e. The molecule has 5 rings (SSSR count). The van der Waals surface area contributed by atoms with Crippen LogP contribution in [0.15, 0.2) is 36.7 Å². The Balaban J connectivity index is 1.09. The molecule has 1 aromatic heterocycles. The number of nitrogens with zero attached hydrogens (tertiary/aromatic N) is 3. The Morgan fingerprint density at radius 1 is 0.976 bits per heavy atom. The Morgan fingerprint density at radius 3 is 2.37 bits per heavy atom. The highest BCUT2D eigenvalue weighted by atomic mass is 32.2. The second kappa shape index (κ2) is 12.8. The van der Waals surface area contributed by atoms with E-state index in [4.69, 9.17) is 4.74 Å². The fourth-order valence-electron chi connectivity index (χ4n) is 5.35. The second-order valence-electron chi connectivity index (χ2n) is 10.4. The number of nitrogens with one attached hydrogen (secondary N) is 5. The maximum Gasteiger partial charge on any atom is 0.422 e. The fourth-order valence-corrected chi connectivity index (χ4v) is 6.35. The van der Waals surface area contributed by atoms with E-state index in [0.717, 1.165) is 25.8 Å². The third kappa shape index (κ3) is 7.68. The third-order valence-electron chi connectivity index (χ3n) is 7.37. The van der Waals surface area contributed by atoms with Crippen molar-refractivity contribution in [1.29, 1.82) is 0 Å². The molecule has 0 saturated carbocycles. The molecule has 1 atom stereocenters. The van der Waals surface area contributed by atoms with Crippen molar-refractivity contribution in [3.05, 3.63) is 53.5 Å². The summed E-state index contributed by atoms with van der Waals surface area (Å²) in [6, 6.07) is 7.01. The molecule has 15 heteroatoms. The number of urea groups is 1. The van der Waals surface area contributed by atoms with Gasteiger partial charge in [0.15, 0.2) is 11.5 Å². The number of piperidine rings is 2. The lowest BCUT2D eigenvalue weighted by molar-refractivity contribution is 0.0870. The molecule has 14 nitrogen and oxygen atoms in total. The molecule has 1 aliphatic carbocycles. The van der Waals surface area contributed by atoms with Crippen LogP contribution in [0.3, 0.4) is 0 Å². The van der Waals surface area contributed by atoms with Crippen LogP contribution in [0.4, 0.5) is 15.4 Å². The predicted octanol–water partition coefficient (Wildman–Crippen LogP) is 0.683. The van der Waals surface area contributed by atoms with Gasteiger partial charge in [0.05, 0.1) is 0 Å². The van der Waals surface area contributed by atoms with E-state index < -0.39 is 34.3 Å². The SMILES string of the molecule is O=C(NS(=O)(=O)NC1CCN(C(=O)Nc2nccnc2C(=O)NC2Cc3ccccc3C2)CC1)OC1CCCNC1. The van der Waals surface area contributed by atoms with Gasteiger partial charge in [-0.15, -0.1) is 0 Å². The highest BCUT2D eigenvalue weighted by Gasteiger charge is 2.30. The number of aromatic nitrogens is 2. The molecule has 0 radical (unpaired) electrons. The number of hydrogen-bond acceptors (Lipinski definition) is 9. The highest BCUT2D eigenvalue weighted by molar-refractivity contribution is 7.88. The number of carbonyl (C=O) groups excluding carboxylic acids is 3. The summed E-state index contributed by atoms with van der Waals surface area (Å²) in [6.07, 6.45) is 4.99. The lowest BCUT2D eigenvalue weighted by atomic mass is 10.1. The molecule has 220 valence electrons. The lowest BCUT2D eigenvalue weighted by Gasteiger charge is -2.32. The van der Waals surface area contributed by atoms with Crippen LogP contribution in [0.1, 0.15) is 47.3 Å². The monoisotopic (exact) mass is 586 g/mol. The Bertz CT molecular complexity index is 1350. The van der Waals surface area contributed by atoms with E-state index in [-0.39, 0.29) is 36.7 Å². The van der Waals surface area contributed by atoms with Gasteiger partial charge in [-0.05, 0) is 56.2 Å². The van der Waals surface area contributed by atoms with Crippen molar-refractivity contribution in [3.63, 3.8) is 0 Å². The number of carbonyl (C=O) groups is 3. The summed E-state index contributed by atoms with van der Waals surface area (Å²) in [5.41, 5.74) is 2.41. The van der Waals surface area contributed by atoms with Gasteiger partial charge >= 0.3 is 22.3 Å². The van der Waals surface area contributed by atoms with E-state index in [0.29, 0.717) is 25.8 Å². The van der Waals surface area contributed by atoms with Crippen molar-refractivity contribution in [3.8, 4) is 0 Å². The molecule has 2 aromatic rings. The maximum atomic E-state index is 13.0. The van der Waals surface area contributed by atoms with Gasteiger partial charge in [-0.1, -0.05) is 24.3 Å². The van der Waals surface area contributed by atoms with E-state index in [2.05, 4.69) is 30.6 Å². The average molecular weight is 587 g/mol. The molecule has 3 aliphatic rings. The predicted molar refractivity (Wildman–Crippen MR) is 148 cm³/mol. The van der Waals surface area contributed by atoms with E-state index in [1.807, 2.05) is 29.0 Å². The average Bonchev–Trinajstić information content (AvgIpc) is 3.36. The van der Waals surface area contributed by atoms with Gasteiger partial charge in [0, 0.05) is 44.1 Å². The number of hydrogen-bond donors (Lipinski definition) is 5. The van der Waals surface area contributed by atoms with Crippen LogP contribution in [0.25, 0.3) is 0 Å². The molecule has 2 fully saturated rings. The summed E-state index contributed by atoms with van der Waals surface area (Å²) < 4.78 is 34.3. The van der Waals surface area contributed by atoms with Gasteiger partial charge < -0.3 is 20.3 Å². The lowest BCUT2D eigenvalue weighted by Crippen LogP contribution is -2.51. The Labute approximate surface area is 238 Å². The number of anilines is 1. The van der Waals surface area contributed by atoms with Gasteiger partial charge in [0.25, 0.3) is 5.91 Å². The van der Waals surface area contributed by atoms with Gasteiger partial charge in [0.1, 0.15) is 6.10 Å². The summed E-state index contributed by atoms with van der Waals surface area (Å²) in [4.78, 5) is 47.8. The molecule has 0 bridgehead atoms. The van der Waals surface area contributed by atoms with Crippen molar-refractivity contribution in [2.24, 2.45) is 0 Å². The van der Waals surface area contributed by atoms with Gasteiger partial charge in [0.2, 0.25) is 0 Å². The largest absolute Gasteiger partial charge is 0.444 e. The van der Waals surface area contributed by atoms with Gasteiger partial charge in [-0.25, -0.2) is 24.3 Å². The molecule has 4 amide bonds. The zero-order valence-electron chi connectivity index (χ0n) is 22.5. The minimum Gasteiger partial charge on any atom is -0.444 e. The molecule has 2 saturated heterocycles. The van der Waals surface area contributed by atoms with Crippen molar-refractivity contribution < 1.29 is 27.5 Å². The molecule has 3 heterocycles. The molecule has 0 spiro atoms. The number of benzene rings is 1. The fraction of sp³-hybridized carbons (Fsp3) is 0.500. The van der Waals surface area contributed by atoms with Crippen LogP contribution in [0, 0.1) is 0 Å². The van der Waals surface area contributed by atoms with Crippen molar-refractivity contribution in [2.75, 3.05) is 31.5 Å². The van der Waals surface area contributed by atoms with Crippen LogP contribution in [0.2, 0.25) is 0 Å². The molecule has 2 aliphatic heterocycles. The summed E-state index contributed by atoms with van der Waals surface area (Å²) in [5, 5.41) is 8.74. The Morgan fingerprint density at radius 2 is 1.68 bits per heavy atom. The van der Waals surface area contributed by atoms with Gasteiger partial charge in [-0.3, -0.25) is 10.1 Å². The number of amides is 4. The summed E-state index contributed by atoms with van der Waals surface area (Å²) in [7, 11) is -4.14. The minimum atomic E-state index is -4.14. The molecule has 1 aromatic carbocycles. The zero-order valence-corrected chi connectivity index (χ0v) is 23.3. The van der Waals surface area contributed by atoms with Crippen molar-refractivity contribution in [1.82, 2.24) is 34.9 Å². The van der Waals surface area contributed by atoms with E-state index in [1.54, 1.807) is 0 Å². The van der Waals surface area contributed by atoms with Crippen LogP contribution in [0.5, 0.6) is 0 Å². The van der Waals surface area contributed by atoms with Crippen LogP contribution in [-0.2, 0) is 27.8 Å². The standard InChI is InChI=1S/C26H34N8O6S/c35-24(30-20-14-17-4-1-2-5-18(17)15-20)22-23(29-11-10-28-22)31-25(36)34-12-7-19(8-13-34)32-41(38,39)33-26(37)40-21-6-3-9-27-16-21/h1-2,4-5,10-11,19-21,27,32H,3,6-9,12-16H2,(H,30,35)(H,33,37)(H,29,31,36). The molecular weight excluding hydrogens is 552 g/mol. The highest BCUT2D eigenvalue weighted by Crippen LogP contribution is 2.22. The first kappa shape index (κ1) is 28.7. The topological polar surface area (TPSA) is 184 Å². The van der Waals surface area contributed by atoms with Crippen LogP contribution in [-0.4, -0.2) is 85.7 Å². The van der Waals surface area contributed by atoms with Crippen molar-refractivity contribution >= 4 is 34.1 Å². The zero-order chi connectivity index (χ0) is 28.8. The first-order valence-electron chi connectivity index (χ1n) is 13.7. The molecule has 1 unspecified atom stereocenters. The number of fused-ring (bicyclic) bond motifs is 1. The maximum absolute atomic E-state index is 13.0. The number of likely N-dealkylation sites (tertiary alicyclic amines) is 1. The van der Waals surface area contributed by atoms with E-state index in [9.17, 15) is 22.8 Å². The quantitative estimate of drug-likeness (QED) is 0.311. The van der Waals surface area contributed by atoms with Crippen LogP contribution < -0.4 is 25.4 Å². The van der Waals surface area contributed by atoms with Gasteiger partial charge in [-0.2, -0.15) is 13.1 Å². The normalized spacial score (nSPS) is 19.7. The third-order valence-corrected chi connectivity index (χ3v) is 8.45.